The summed E-state index contributed by atoms with van der Waals surface area (Å²) in [6, 6.07) is 17.5. The van der Waals surface area contributed by atoms with Crippen molar-refractivity contribution in [2.45, 2.75) is 95.8 Å². The van der Waals surface area contributed by atoms with Crippen molar-refractivity contribution in [2.75, 3.05) is 6.61 Å². The van der Waals surface area contributed by atoms with E-state index in [4.69, 9.17) is 9.72 Å². The zero-order valence-electron chi connectivity index (χ0n) is 22.5. The lowest BCUT2D eigenvalue weighted by Crippen LogP contribution is -2.50. The quantitative estimate of drug-likeness (QED) is 0.391. The maximum absolute atomic E-state index is 14.1. The maximum atomic E-state index is 14.1. The summed E-state index contributed by atoms with van der Waals surface area (Å²) in [7, 11) is 0. The van der Waals surface area contributed by atoms with Gasteiger partial charge in [-0.2, -0.15) is 0 Å². The first-order chi connectivity index (χ1) is 18.6. The fraction of sp³-hybridized carbons (Fsp3) is 0.516. The molecule has 7 heteroatoms. The molecule has 0 radical (unpaired) electrons. The highest BCUT2D eigenvalue weighted by Crippen LogP contribution is 2.31. The molecule has 5 rings (SSSR count). The van der Waals surface area contributed by atoms with Crippen molar-refractivity contribution in [3.63, 3.8) is 0 Å². The van der Waals surface area contributed by atoms with Crippen molar-refractivity contribution >= 4 is 22.8 Å². The van der Waals surface area contributed by atoms with E-state index in [2.05, 4.69) is 10.2 Å². The highest BCUT2D eigenvalue weighted by molar-refractivity contribution is 5.82. The second kappa shape index (κ2) is 12.5. The zero-order chi connectivity index (χ0) is 26.3. The third-order valence-corrected chi connectivity index (χ3v) is 8.08. The van der Waals surface area contributed by atoms with Gasteiger partial charge < -0.3 is 19.5 Å². The number of hydrogen-bond acceptors (Lipinski definition) is 4. The van der Waals surface area contributed by atoms with E-state index in [1.807, 2.05) is 66.1 Å². The van der Waals surface area contributed by atoms with Crippen LogP contribution in [0.25, 0.3) is 11.0 Å². The largest absolute Gasteiger partial charge is 0.484 e. The van der Waals surface area contributed by atoms with Gasteiger partial charge in [-0.25, -0.2) is 4.98 Å². The van der Waals surface area contributed by atoms with E-state index in [-0.39, 0.29) is 31.0 Å². The Labute approximate surface area is 225 Å². The number of carbonyl (C=O) groups is 2. The van der Waals surface area contributed by atoms with Crippen LogP contribution in [0, 0.1) is 0 Å². The van der Waals surface area contributed by atoms with Crippen molar-refractivity contribution in [1.82, 2.24) is 19.8 Å². The highest BCUT2D eigenvalue weighted by atomic mass is 16.5. The van der Waals surface area contributed by atoms with Crippen LogP contribution < -0.4 is 10.1 Å². The van der Waals surface area contributed by atoms with E-state index in [9.17, 15) is 9.59 Å². The molecule has 0 saturated heterocycles. The number of para-hydroxylation sites is 3. The number of benzene rings is 2. The van der Waals surface area contributed by atoms with E-state index < -0.39 is 0 Å². The van der Waals surface area contributed by atoms with Gasteiger partial charge in [0.15, 0.2) is 6.61 Å². The molecule has 1 N–H and O–H groups in total. The summed E-state index contributed by atoms with van der Waals surface area (Å²) in [5.74, 6) is 1.30. The minimum atomic E-state index is -0.375. The minimum absolute atomic E-state index is 0.0787. The summed E-state index contributed by atoms with van der Waals surface area (Å²) in [6.45, 7) is 2.08. The second-order valence-corrected chi connectivity index (χ2v) is 10.8. The molecule has 1 unspecified atom stereocenters. The van der Waals surface area contributed by atoms with Crippen molar-refractivity contribution in [1.29, 1.82) is 0 Å². The maximum Gasteiger partial charge on any atom is 0.258 e. The van der Waals surface area contributed by atoms with Gasteiger partial charge in [0.1, 0.15) is 18.1 Å². The lowest BCUT2D eigenvalue weighted by Gasteiger charge is -2.42. The van der Waals surface area contributed by atoms with Crippen LogP contribution in [-0.4, -0.2) is 45.0 Å². The predicted octanol–water partition coefficient (Wildman–Crippen LogP) is 5.79. The van der Waals surface area contributed by atoms with E-state index >= 15 is 0 Å². The van der Waals surface area contributed by atoms with E-state index in [0.29, 0.717) is 23.7 Å². The van der Waals surface area contributed by atoms with Crippen LogP contribution >= 0.6 is 0 Å². The molecular weight excluding hydrogens is 476 g/mol. The third kappa shape index (κ3) is 6.20. The summed E-state index contributed by atoms with van der Waals surface area (Å²) in [6.07, 6.45) is 11.8. The molecule has 38 heavy (non-hydrogen) atoms. The fourth-order valence-corrected chi connectivity index (χ4v) is 6.24. The van der Waals surface area contributed by atoms with Gasteiger partial charge in [0.2, 0.25) is 5.91 Å². The second-order valence-electron chi connectivity index (χ2n) is 10.8. The molecule has 1 aromatic heterocycles. The Bertz CT molecular complexity index is 1190. The van der Waals surface area contributed by atoms with Crippen molar-refractivity contribution < 1.29 is 14.3 Å². The molecule has 7 nitrogen and oxygen atoms in total. The number of hydrogen-bond donors (Lipinski definition) is 1. The first kappa shape index (κ1) is 26.3. The predicted molar refractivity (Wildman–Crippen MR) is 149 cm³/mol. The number of rotatable bonds is 9. The smallest absolute Gasteiger partial charge is 0.258 e. The number of fused-ring (bicyclic) bond motifs is 1. The van der Waals surface area contributed by atoms with Crippen molar-refractivity contribution in [2.24, 2.45) is 0 Å². The first-order valence-corrected chi connectivity index (χ1v) is 14.3. The van der Waals surface area contributed by atoms with Gasteiger partial charge in [0, 0.05) is 12.1 Å². The van der Waals surface area contributed by atoms with Crippen LogP contribution in [0.3, 0.4) is 0 Å². The molecule has 2 aliphatic carbocycles. The number of amides is 2. The summed E-state index contributed by atoms with van der Waals surface area (Å²) in [4.78, 5) is 33.9. The minimum Gasteiger partial charge on any atom is -0.484 e. The standard InChI is InChI=1S/C31H40N4O3/c1-23(32-29(36)22-38-26-17-9-4-10-18-26)31-33-27-19-11-12-20-28(27)34(31)21-30(37)35(24-13-5-2-6-14-24)25-15-7-3-8-16-25/h4,9-12,17-20,23-25H,2-3,5-8,13-16,21-22H2,1H3,(H,32,36). The van der Waals surface area contributed by atoms with Gasteiger partial charge in [-0.3, -0.25) is 9.59 Å². The molecular formula is C31H40N4O3. The van der Waals surface area contributed by atoms with Gasteiger partial charge in [-0.05, 0) is 56.9 Å². The Kier molecular flexibility index (Phi) is 8.61. The molecule has 2 aliphatic rings. The number of ether oxygens (including phenoxy) is 1. The average Bonchev–Trinajstić information content (AvgIpc) is 3.32. The van der Waals surface area contributed by atoms with Crippen molar-refractivity contribution in [3.05, 3.63) is 60.4 Å². The fourth-order valence-electron chi connectivity index (χ4n) is 6.24. The molecule has 2 amide bonds. The third-order valence-electron chi connectivity index (χ3n) is 8.08. The lowest BCUT2D eigenvalue weighted by molar-refractivity contribution is -0.138. The number of nitrogens with zero attached hydrogens (tertiary/aromatic N) is 3. The molecule has 2 aromatic carbocycles. The molecule has 0 aliphatic heterocycles. The monoisotopic (exact) mass is 516 g/mol. The summed E-state index contributed by atoms with van der Waals surface area (Å²) >= 11 is 0. The van der Waals surface area contributed by atoms with Crippen molar-refractivity contribution in [3.8, 4) is 5.75 Å². The van der Waals surface area contributed by atoms with E-state index in [0.717, 1.165) is 36.7 Å². The molecule has 2 fully saturated rings. The van der Waals surface area contributed by atoms with Gasteiger partial charge >= 0.3 is 0 Å². The normalized spacial score (nSPS) is 17.7. The molecule has 202 valence electrons. The Balaban J connectivity index is 1.35. The van der Waals surface area contributed by atoms with Crippen LogP contribution in [0.1, 0.15) is 83.0 Å². The van der Waals surface area contributed by atoms with Crippen LogP contribution in [0.5, 0.6) is 5.75 Å². The van der Waals surface area contributed by atoms with Crippen LogP contribution in [-0.2, 0) is 16.1 Å². The molecule has 1 heterocycles. The molecule has 2 saturated carbocycles. The Morgan fingerprint density at radius 1 is 0.921 bits per heavy atom. The molecule has 0 bridgehead atoms. The van der Waals surface area contributed by atoms with Gasteiger partial charge in [0.05, 0.1) is 17.1 Å². The van der Waals surface area contributed by atoms with E-state index in [1.165, 1.54) is 38.5 Å². The van der Waals surface area contributed by atoms with Gasteiger partial charge in [-0.1, -0.05) is 68.9 Å². The van der Waals surface area contributed by atoms with Crippen LogP contribution in [0.15, 0.2) is 54.6 Å². The summed E-state index contributed by atoms with van der Waals surface area (Å²) < 4.78 is 7.64. The Morgan fingerprint density at radius 2 is 1.53 bits per heavy atom. The van der Waals surface area contributed by atoms with Crippen LogP contribution in [0.2, 0.25) is 0 Å². The SMILES string of the molecule is CC(NC(=O)COc1ccccc1)c1nc2ccccc2n1CC(=O)N(C1CCCCC1)C1CCCCC1. The van der Waals surface area contributed by atoms with Gasteiger partial charge in [0.25, 0.3) is 5.91 Å². The highest BCUT2D eigenvalue weighted by Gasteiger charge is 2.33. The summed E-state index contributed by atoms with van der Waals surface area (Å²) in [5, 5.41) is 3.02. The first-order valence-electron chi connectivity index (χ1n) is 14.3. The van der Waals surface area contributed by atoms with Gasteiger partial charge in [-0.15, -0.1) is 0 Å². The summed E-state index contributed by atoms with van der Waals surface area (Å²) in [5.41, 5.74) is 1.75. The average molecular weight is 517 g/mol. The van der Waals surface area contributed by atoms with Crippen LogP contribution in [0.4, 0.5) is 0 Å². The topological polar surface area (TPSA) is 76.5 Å². The number of imidazole rings is 1. The molecule has 1 atom stereocenters. The van der Waals surface area contributed by atoms with E-state index in [1.54, 1.807) is 0 Å². The zero-order valence-corrected chi connectivity index (χ0v) is 22.5. The number of nitrogens with one attached hydrogen (secondary N) is 1. The molecule has 0 spiro atoms. The Hall–Kier alpha value is -3.35. The lowest BCUT2D eigenvalue weighted by atomic mass is 9.88. The molecule has 3 aromatic rings. The number of aromatic nitrogens is 2. The number of carbonyl (C=O) groups excluding carboxylic acids is 2. The Morgan fingerprint density at radius 3 is 2.18 bits per heavy atom.